The lowest BCUT2D eigenvalue weighted by Gasteiger charge is -2.32. The summed E-state index contributed by atoms with van der Waals surface area (Å²) in [6, 6.07) is 20.9. The highest BCUT2D eigenvalue weighted by molar-refractivity contribution is 7.92. The van der Waals surface area contributed by atoms with Crippen molar-refractivity contribution < 1.29 is 22.7 Å². The monoisotopic (exact) mass is 571 g/mol. The summed E-state index contributed by atoms with van der Waals surface area (Å²) in [7, 11) is -2.67. The minimum absolute atomic E-state index is 0.00405. The molecule has 3 aromatic rings. The van der Waals surface area contributed by atoms with Crippen molar-refractivity contribution in [3.05, 3.63) is 89.4 Å². The molecule has 3 aromatic carbocycles. The van der Waals surface area contributed by atoms with Crippen molar-refractivity contribution in [1.82, 2.24) is 10.2 Å². The molecule has 3 rings (SSSR count). The SMILES string of the molecule is CCCNC(=O)[C@@H](C)N(CCc1ccccc1)C(=O)CN(c1ccc(Cl)cc1)S(=O)(=O)c1ccc(OC)cc1. The summed E-state index contributed by atoms with van der Waals surface area (Å²) >= 11 is 6.05. The summed E-state index contributed by atoms with van der Waals surface area (Å²) in [6.07, 6.45) is 1.25. The number of carbonyl (C=O) groups excluding carboxylic acids is 2. The molecule has 0 saturated heterocycles. The first-order chi connectivity index (χ1) is 18.7. The lowest BCUT2D eigenvalue weighted by molar-refractivity contribution is -0.138. The number of nitrogens with zero attached hydrogens (tertiary/aromatic N) is 2. The molecule has 0 aromatic heterocycles. The Balaban J connectivity index is 1.96. The third-order valence-corrected chi connectivity index (χ3v) is 8.28. The van der Waals surface area contributed by atoms with Gasteiger partial charge in [0, 0.05) is 18.1 Å². The molecule has 0 aliphatic heterocycles. The Bertz CT molecular complexity index is 1330. The number of hydrogen-bond donors (Lipinski definition) is 1. The summed E-state index contributed by atoms with van der Waals surface area (Å²) in [5.41, 5.74) is 1.27. The Kier molecular flexibility index (Phi) is 10.8. The van der Waals surface area contributed by atoms with Crippen LogP contribution in [0.3, 0.4) is 0 Å². The zero-order chi connectivity index (χ0) is 28.4. The number of ether oxygens (including phenoxy) is 1. The second-order valence-corrected chi connectivity index (χ2v) is 11.3. The molecule has 0 spiro atoms. The van der Waals surface area contributed by atoms with Gasteiger partial charge in [0.15, 0.2) is 0 Å². The largest absolute Gasteiger partial charge is 0.497 e. The van der Waals surface area contributed by atoms with E-state index in [0.29, 0.717) is 23.7 Å². The van der Waals surface area contributed by atoms with Crippen LogP contribution in [0.25, 0.3) is 0 Å². The van der Waals surface area contributed by atoms with Crippen LogP contribution in [0.15, 0.2) is 83.8 Å². The summed E-state index contributed by atoms with van der Waals surface area (Å²) < 4.78 is 33.8. The summed E-state index contributed by atoms with van der Waals surface area (Å²) in [4.78, 5) is 28.1. The molecule has 2 amide bonds. The summed E-state index contributed by atoms with van der Waals surface area (Å²) in [5, 5.41) is 3.26. The summed E-state index contributed by atoms with van der Waals surface area (Å²) in [6.45, 7) is 3.80. The van der Waals surface area contributed by atoms with Crippen molar-refractivity contribution in [2.75, 3.05) is 31.0 Å². The Morgan fingerprint density at radius 2 is 1.62 bits per heavy atom. The van der Waals surface area contributed by atoms with Crippen molar-refractivity contribution in [2.45, 2.75) is 37.6 Å². The van der Waals surface area contributed by atoms with Crippen LogP contribution in [0.5, 0.6) is 5.75 Å². The van der Waals surface area contributed by atoms with E-state index in [0.717, 1.165) is 16.3 Å². The van der Waals surface area contributed by atoms with Crippen LogP contribution in [0, 0.1) is 0 Å². The van der Waals surface area contributed by atoms with Crippen molar-refractivity contribution in [2.24, 2.45) is 0 Å². The lowest BCUT2D eigenvalue weighted by Crippen LogP contribution is -2.52. The number of nitrogens with one attached hydrogen (secondary N) is 1. The van der Waals surface area contributed by atoms with E-state index in [-0.39, 0.29) is 23.0 Å². The average Bonchev–Trinajstić information content (AvgIpc) is 2.95. The highest BCUT2D eigenvalue weighted by atomic mass is 35.5. The van der Waals surface area contributed by atoms with Crippen molar-refractivity contribution in [3.8, 4) is 5.75 Å². The fraction of sp³-hybridized carbons (Fsp3) is 0.310. The third-order valence-electron chi connectivity index (χ3n) is 6.24. The van der Waals surface area contributed by atoms with E-state index >= 15 is 0 Å². The van der Waals surface area contributed by atoms with Crippen LogP contribution in [0.4, 0.5) is 5.69 Å². The molecule has 39 heavy (non-hydrogen) atoms. The molecule has 208 valence electrons. The van der Waals surface area contributed by atoms with Gasteiger partial charge in [-0.25, -0.2) is 8.42 Å². The molecule has 0 unspecified atom stereocenters. The fourth-order valence-electron chi connectivity index (χ4n) is 3.98. The van der Waals surface area contributed by atoms with Crippen LogP contribution in [-0.4, -0.2) is 57.9 Å². The van der Waals surface area contributed by atoms with Crippen LogP contribution >= 0.6 is 11.6 Å². The van der Waals surface area contributed by atoms with Crippen LogP contribution in [0.1, 0.15) is 25.8 Å². The predicted octanol–water partition coefficient (Wildman–Crippen LogP) is 4.53. The number of hydrogen-bond acceptors (Lipinski definition) is 5. The second-order valence-electron chi connectivity index (χ2n) is 8.95. The minimum Gasteiger partial charge on any atom is -0.497 e. The number of carbonyl (C=O) groups is 2. The topological polar surface area (TPSA) is 96.0 Å². The van der Waals surface area contributed by atoms with Gasteiger partial charge in [-0.05, 0) is 73.9 Å². The Labute approximate surface area is 235 Å². The van der Waals surface area contributed by atoms with Gasteiger partial charge in [-0.2, -0.15) is 0 Å². The molecule has 0 aliphatic carbocycles. The predicted molar refractivity (Wildman–Crippen MR) is 154 cm³/mol. The third kappa shape index (κ3) is 7.97. The van der Waals surface area contributed by atoms with E-state index in [2.05, 4.69) is 5.32 Å². The zero-order valence-electron chi connectivity index (χ0n) is 22.3. The van der Waals surface area contributed by atoms with Crippen LogP contribution in [0.2, 0.25) is 5.02 Å². The van der Waals surface area contributed by atoms with Gasteiger partial charge >= 0.3 is 0 Å². The molecule has 1 N–H and O–H groups in total. The zero-order valence-corrected chi connectivity index (χ0v) is 23.9. The number of anilines is 1. The second kappa shape index (κ2) is 14.0. The highest BCUT2D eigenvalue weighted by Gasteiger charge is 2.32. The van der Waals surface area contributed by atoms with Crippen molar-refractivity contribution >= 4 is 39.1 Å². The van der Waals surface area contributed by atoms with Gasteiger partial charge in [-0.1, -0.05) is 48.9 Å². The molecule has 0 aliphatic rings. The maximum Gasteiger partial charge on any atom is 0.264 e. The first-order valence-electron chi connectivity index (χ1n) is 12.7. The molecule has 10 heteroatoms. The van der Waals surface area contributed by atoms with Gasteiger partial charge in [0.2, 0.25) is 11.8 Å². The van der Waals surface area contributed by atoms with E-state index in [1.807, 2.05) is 37.3 Å². The fourth-order valence-corrected chi connectivity index (χ4v) is 5.52. The van der Waals surface area contributed by atoms with Gasteiger partial charge in [0.1, 0.15) is 18.3 Å². The molecule has 0 saturated carbocycles. The normalized spacial score (nSPS) is 11.9. The number of benzene rings is 3. The highest BCUT2D eigenvalue weighted by Crippen LogP contribution is 2.27. The van der Waals surface area contributed by atoms with E-state index in [4.69, 9.17) is 16.3 Å². The first-order valence-corrected chi connectivity index (χ1v) is 14.5. The number of amides is 2. The molecule has 0 heterocycles. The molecular formula is C29H34ClN3O5S. The Hall–Kier alpha value is -3.56. The maximum absolute atomic E-state index is 13.8. The number of methoxy groups -OCH3 is 1. The molecule has 0 bridgehead atoms. The van der Waals surface area contributed by atoms with Gasteiger partial charge in [0.05, 0.1) is 17.7 Å². The molecular weight excluding hydrogens is 538 g/mol. The molecule has 8 nitrogen and oxygen atoms in total. The number of sulfonamides is 1. The number of halogens is 1. The molecule has 1 atom stereocenters. The van der Waals surface area contributed by atoms with Gasteiger partial charge < -0.3 is 15.0 Å². The Morgan fingerprint density at radius 3 is 2.21 bits per heavy atom. The average molecular weight is 572 g/mol. The Morgan fingerprint density at radius 1 is 0.974 bits per heavy atom. The van der Waals surface area contributed by atoms with Gasteiger partial charge in [-0.15, -0.1) is 0 Å². The van der Waals surface area contributed by atoms with Crippen LogP contribution < -0.4 is 14.4 Å². The molecule has 0 radical (unpaired) electrons. The molecule has 0 fully saturated rings. The van der Waals surface area contributed by atoms with E-state index in [9.17, 15) is 18.0 Å². The smallest absolute Gasteiger partial charge is 0.264 e. The number of rotatable bonds is 13. The lowest BCUT2D eigenvalue weighted by atomic mass is 10.1. The van der Waals surface area contributed by atoms with Crippen molar-refractivity contribution in [3.63, 3.8) is 0 Å². The van der Waals surface area contributed by atoms with E-state index in [1.54, 1.807) is 43.3 Å². The van der Waals surface area contributed by atoms with Crippen molar-refractivity contribution in [1.29, 1.82) is 0 Å². The first kappa shape index (κ1) is 30.0. The van der Waals surface area contributed by atoms with Crippen LogP contribution in [-0.2, 0) is 26.0 Å². The van der Waals surface area contributed by atoms with E-state index < -0.39 is 28.5 Å². The summed E-state index contributed by atoms with van der Waals surface area (Å²) in [5.74, 6) is -0.298. The van der Waals surface area contributed by atoms with Gasteiger partial charge in [0.25, 0.3) is 10.0 Å². The maximum atomic E-state index is 13.8. The van der Waals surface area contributed by atoms with E-state index in [1.165, 1.54) is 24.1 Å². The standard InChI is InChI=1S/C29H34ClN3O5S/c1-4-19-31-29(35)22(2)32(20-18-23-8-6-5-7-9-23)28(34)21-33(25-12-10-24(30)11-13-25)39(36,37)27-16-14-26(38-3)15-17-27/h5-17,22H,4,18-21H2,1-3H3,(H,31,35)/t22-/m1/s1. The minimum atomic E-state index is -4.16. The van der Waals surface area contributed by atoms with Gasteiger partial charge in [-0.3, -0.25) is 13.9 Å². The quantitative estimate of drug-likeness (QED) is 0.325.